The van der Waals surface area contributed by atoms with Gasteiger partial charge in [-0.2, -0.15) is 4.31 Å². The molecule has 0 saturated carbocycles. The number of nitrogens with one attached hydrogen (secondary N) is 3. The van der Waals surface area contributed by atoms with Crippen LogP contribution in [0.5, 0.6) is 0 Å². The summed E-state index contributed by atoms with van der Waals surface area (Å²) >= 11 is 42.0. The summed E-state index contributed by atoms with van der Waals surface area (Å²) < 4.78 is 62.4. The van der Waals surface area contributed by atoms with Crippen LogP contribution in [0.15, 0.2) is 0 Å². The van der Waals surface area contributed by atoms with E-state index in [4.69, 9.17) is 36.7 Å². The molecule has 0 atom stereocenters. The van der Waals surface area contributed by atoms with Crippen molar-refractivity contribution in [2.75, 3.05) is 185 Å². The lowest BCUT2D eigenvalue weighted by molar-refractivity contribution is -0.147. The Morgan fingerprint density at radius 2 is 0.833 bits per heavy atom. The molecular weight excluding hydrogens is 1620 g/mol. The average Bonchev–Trinajstić information content (AvgIpc) is 3.69. The number of amides is 2. The van der Waals surface area contributed by atoms with Gasteiger partial charge in [0, 0.05) is 74.4 Å². The van der Waals surface area contributed by atoms with Crippen molar-refractivity contribution in [3.63, 3.8) is 0 Å². The molecule has 0 rings (SSSR count). The first-order valence-electron chi connectivity index (χ1n) is 22.6. The minimum atomic E-state index is -2.99. The Hall–Kier alpha value is 1.50. The van der Waals surface area contributed by atoms with Gasteiger partial charge in [0.2, 0.25) is 14.6 Å². The number of nitrogens with zero attached hydrogens (tertiary/aromatic N) is 3. The first-order valence-corrected chi connectivity index (χ1v) is 48.2. The summed E-state index contributed by atoms with van der Waals surface area (Å²) in [5.74, 6) is -1.18. The molecule has 0 spiro atoms. The lowest BCUT2D eigenvalue weighted by Crippen LogP contribution is -2.17. The van der Waals surface area contributed by atoms with Gasteiger partial charge < -0.3 is 34.6 Å². The smallest absolute Gasteiger partial charge is 0.385 e. The van der Waals surface area contributed by atoms with Gasteiger partial charge in [0.1, 0.15) is 12.2 Å². The third-order valence-corrected chi connectivity index (χ3v) is 25.1. The molecule has 0 aliphatic rings. The van der Waals surface area contributed by atoms with Crippen LogP contribution < -0.4 is 15.4 Å². The number of carbonyl (C=O) groups is 9. The normalized spacial score (nSPS) is 8.71. The van der Waals surface area contributed by atoms with Crippen molar-refractivity contribution in [1.82, 2.24) is 29.5 Å². The Labute approximate surface area is 635 Å². The third-order valence-electron chi connectivity index (χ3n) is 5.90. The molecule has 540 valence electrons. The molecule has 0 bridgehead atoms. The van der Waals surface area contributed by atoms with Gasteiger partial charge in [0.15, 0.2) is 5.12 Å². The van der Waals surface area contributed by atoms with Crippen molar-refractivity contribution in [2.24, 2.45) is 0 Å². The molecule has 45 heteroatoms. The molecule has 0 aromatic heterocycles. The van der Waals surface area contributed by atoms with Crippen LogP contribution in [0.25, 0.3) is 0 Å². The number of ether oxygens (including phenoxy) is 3. The summed E-state index contributed by atoms with van der Waals surface area (Å²) in [7, 11) is 14.9. The second-order valence-electron chi connectivity index (χ2n) is 12.5. The number of esters is 1. The zero-order valence-electron chi connectivity index (χ0n) is 56.8. The number of thioether (sulfide) groups is 14. The van der Waals surface area contributed by atoms with Gasteiger partial charge in [-0.1, -0.05) is 143 Å². The summed E-state index contributed by atoms with van der Waals surface area (Å²) in [6, 6.07) is 0. The topological polar surface area (TPSA) is 295 Å². The van der Waals surface area contributed by atoms with Gasteiger partial charge in [-0.25, -0.2) is 31.1 Å². The monoisotopic (exact) mass is 1710 g/mol. The fourth-order valence-electron chi connectivity index (χ4n) is 1.45. The van der Waals surface area contributed by atoms with E-state index in [1.165, 1.54) is 136 Å². The second-order valence-corrected chi connectivity index (χ2v) is 36.3. The molecule has 0 saturated heterocycles. The zero-order valence-corrected chi connectivity index (χ0v) is 75.5. The van der Waals surface area contributed by atoms with E-state index in [-0.39, 0.29) is 36.2 Å². The third kappa shape index (κ3) is 141. The summed E-state index contributed by atoms with van der Waals surface area (Å²) in [5.41, 5.74) is 0. The Morgan fingerprint density at radius 3 is 0.844 bits per heavy atom. The largest absolute Gasteiger partial charge is 0.482 e. The number of rotatable bonds is 5. The van der Waals surface area contributed by atoms with Crippen molar-refractivity contribution < 1.29 is 74.2 Å². The minimum Gasteiger partial charge on any atom is -0.482 e. The first-order chi connectivity index (χ1) is 41.3. The fraction of sp³-hybridized carbons (Fsp3) is 0.689. The summed E-state index contributed by atoms with van der Waals surface area (Å²) in [6.07, 6.45) is 28.4. The van der Waals surface area contributed by atoms with E-state index in [9.17, 15) is 60.0 Å². The second kappa shape index (κ2) is 96.9. The fourth-order valence-corrected chi connectivity index (χ4v) is 6.65. The predicted octanol–water partition coefficient (Wildman–Crippen LogP) is 13.1. The molecule has 0 aliphatic heterocycles. The van der Waals surface area contributed by atoms with E-state index >= 15 is 0 Å². The number of Topliss-reactive ketones (excluding diaryl/α,β-unsaturated/α-hetero) is 1. The number of hydrogen-bond acceptors (Lipinski definition) is 37. The number of thiocarbonyl (C=S) groups is 5. The van der Waals surface area contributed by atoms with Gasteiger partial charge in [-0.05, 0) is 160 Å². The number of methoxy groups -OCH3 is 3. The van der Waals surface area contributed by atoms with E-state index in [1.54, 1.807) is 143 Å². The molecular formula is C45H96N6O16S23. The highest BCUT2D eigenvalue weighted by Crippen LogP contribution is 2.10. The molecule has 90 heavy (non-hydrogen) atoms. The van der Waals surface area contributed by atoms with Gasteiger partial charge in [0.05, 0.1) is 21.3 Å². The Bertz CT molecular complexity index is 1900. The van der Waals surface area contributed by atoms with E-state index in [0.29, 0.717) is 4.38 Å². The highest BCUT2D eigenvalue weighted by atomic mass is 33.1. The van der Waals surface area contributed by atoms with E-state index in [2.05, 4.69) is 54.0 Å². The van der Waals surface area contributed by atoms with Crippen LogP contribution in [-0.2, 0) is 56.3 Å². The van der Waals surface area contributed by atoms with Crippen molar-refractivity contribution in [3.05, 3.63) is 0 Å². The molecule has 0 aliphatic carbocycles. The highest BCUT2D eigenvalue weighted by Gasteiger charge is 2.10. The Balaban J connectivity index is -0.0000000577. The number of carbonyl (C=O) groups excluding carboxylic acids is 9. The SMILES string of the molecule is CNC(=O)SC.CNC(=S)SC.CNS(=O)(=O)SC.COC(=O)C(=O)SC.COC(=O)SC.COC(=S)SC.CSC(=O)C(C)=O.CSC(=O)N(C)C.CSC(=O)SC.CSC(=S)N(C)C.CSC(=S)SC.CSC(C)=O.CSC(C)=S.CSS(=O)(=O)N(C)C. The van der Waals surface area contributed by atoms with E-state index in [1.807, 2.05) is 70.5 Å². The van der Waals surface area contributed by atoms with Crippen molar-refractivity contribution in [3.8, 4) is 0 Å². The van der Waals surface area contributed by atoms with E-state index in [0.717, 1.165) is 73.2 Å². The highest BCUT2D eigenvalue weighted by molar-refractivity contribution is 8.71. The van der Waals surface area contributed by atoms with Gasteiger partial charge >= 0.3 is 11.3 Å². The predicted molar refractivity (Wildman–Crippen MR) is 450 cm³/mol. The van der Waals surface area contributed by atoms with Gasteiger partial charge in [-0.3, -0.25) is 33.6 Å². The molecule has 0 unspecified atom stereocenters. The maximum Gasteiger partial charge on any atom is 0.385 e. The van der Waals surface area contributed by atoms with Crippen LogP contribution in [0, 0.1) is 0 Å². The minimum absolute atomic E-state index is 0.00926. The standard InChI is InChI=1S/C4H9NOS.C4H9NS2.C4H6O3S.C4H6O2S.C3H9NO2S2.C3H7NOS.C3H7NS2.C3H6O2S.2C3H6OS2.C3H6OS.C3H6S3.C3H6S2.C2H7NO2S2/c2*1-5(2)4(6)7-3;1-7-3(5)4(6)8-2;1-3(5)4(6)7-2;1-4(2)8(5,6)7-3;2*1-4-3(5)6-2;2*1-5-3(4)6-2;1-4-3(5)6-2;1-3(4)5-2;1-5-3(4)6-2;1-3(4)5-2;1-3-7(4,5)6-2/h2*1-3H3;1-2H3;1-2H3;1-3H3;2*1-2H3,(H,4,5);3*1-2H3;1-2H3;1-2H3;1-2H3;3H,1-2H3. The van der Waals surface area contributed by atoms with Crippen molar-refractivity contribution in [2.45, 2.75) is 20.8 Å². The number of hydrogen-bond donors (Lipinski definition) is 3. The molecule has 2 amide bonds. The van der Waals surface area contributed by atoms with E-state index < -0.39 is 29.2 Å². The lowest BCUT2D eigenvalue weighted by Gasteiger charge is -2.08. The molecule has 22 nitrogen and oxygen atoms in total. The number of ketones is 1. The quantitative estimate of drug-likeness (QED) is 0.0997. The van der Waals surface area contributed by atoms with Crippen LogP contribution in [-0.4, -0.2) is 284 Å². The van der Waals surface area contributed by atoms with Crippen molar-refractivity contribution >= 4 is 334 Å². The molecule has 0 aromatic rings. The Morgan fingerprint density at radius 1 is 0.433 bits per heavy atom. The maximum atomic E-state index is 10.6. The molecule has 0 radical (unpaired) electrons. The summed E-state index contributed by atoms with van der Waals surface area (Å²) in [5, 5.41) is 4.35. The lowest BCUT2D eigenvalue weighted by atomic mass is 10.5. The summed E-state index contributed by atoms with van der Waals surface area (Å²) in [6.45, 7) is 4.73. The van der Waals surface area contributed by atoms with Crippen LogP contribution in [0.4, 0.5) is 19.2 Å². The van der Waals surface area contributed by atoms with Gasteiger partial charge in [0.25, 0.3) is 38.8 Å². The van der Waals surface area contributed by atoms with Crippen LogP contribution >= 0.6 is 247 Å². The maximum absolute atomic E-state index is 10.6. The van der Waals surface area contributed by atoms with Gasteiger partial charge in [-0.15, -0.1) is 58.8 Å². The summed E-state index contributed by atoms with van der Waals surface area (Å²) in [4.78, 5) is 94.2. The zero-order chi connectivity index (χ0) is 75.4. The van der Waals surface area contributed by atoms with Crippen LogP contribution in [0.3, 0.4) is 0 Å². The molecule has 0 heterocycles. The molecule has 3 N–H and O–H groups in total. The molecule has 0 aromatic carbocycles. The van der Waals surface area contributed by atoms with Crippen molar-refractivity contribution in [1.29, 1.82) is 0 Å². The average molecular weight is 1710 g/mol. The first kappa shape index (κ1) is 125. The molecule has 0 fully saturated rings. The van der Waals surface area contributed by atoms with Crippen LogP contribution in [0.2, 0.25) is 0 Å². The van der Waals surface area contributed by atoms with Crippen LogP contribution in [0.1, 0.15) is 20.8 Å². The Kier molecular flexibility index (Phi) is 134.